The number of phenolic OH excluding ortho intramolecular Hbond substituents is 1. The predicted octanol–water partition coefficient (Wildman–Crippen LogP) is 0.369. The summed E-state index contributed by atoms with van der Waals surface area (Å²) in [5.41, 5.74) is 17.2. The normalized spacial score (nSPS) is 13.9. The molecular formula is C19H31N3O6. The molecule has 0 fully saturated rings. The Morgan fingerprint density at radius 3 is 1.61 bits per heavy atom. The average molecular weight is 397 g/mol. The lowest BCUT2D eigenvalue weighted by atomic mass is 10.1. The van der Waals surface area contributed by atoms with Crippen molar-refractivity contribution in [3.8, 4) is 5.75 Å². The molecular weight excluding hydrogens is 366 g/mol. The number of benzene rings is 1. The monoisotopic (exact) mass is 397 g/mol. The van der Waals surface area contributed by atoms with Crippen molar-refractivity contribution in [2.75, 3.05) is 0 Å². The van der Waals surface area contributed by atoms with Crippen LogP contribution in [0.1, 0.15) is 33.3 Å². The van der Waals surface area contributed by atoms with Crippen LogP contribution in [0.2, 0.25) is 0 Å². The smallest absolute Gasteiger partial charge is 0.330 e. The van der Waals surface area contributed by atoms with Crippen LogP contribution in [-0.4, -0.2) is 46.2 Å². The Hall–Kier alpha value is -2.49. The van der Waals surface area contributed by atoms with Gasteiger partial charge in [0.25, 0.3) is 0 Å². The Labute approximate surface area is 164 Å². The van der Waals surface area contributed by atoms with Gasteiger partial charge in [-0.15, -0.1) is 0 Å². The molecule has 0 spiro atoms. The van der Waals surface area contributed by atoms with E-state index in [0.717, 1.165) is 5.56 Å². The number of aromatic hydroxyl groups is 1. The van der Waals surface area contributed by atoms with Crippen LogP contribution in [0.15, 0.2) is 24.3 Å². The molecule has 3 atom stereocenters. The molecule has 1 aromatic carbocycles. The second-order valence-corrected chi connectivity index (χ2v) is 7.10. The number of hydrogen-bond donors (Lipinski definition) is 5. The summed E-state index contributed by atoms with van der Waals surface area (Å²) in [6, 6.07) is 3.86. The Morgan fingerprint density at radius 1 is 0.893 bits per heavy atom. The van der Waals surface area contributed by atoms with Crippen molar-refractivity contribution in [3.05, 3.63) is 29.8 Å². The minimum atomic E-state index is -1.02. The first-order valence-corrected chi connectivity index (χ1v) is 8.89. The van der Waals surface area contributed by atoms with Gasteiger partial charge in [0.15, 0.2) is 0 Å². The number of carboxylic acid groups (broad SMARTS) is 1. The van der Waals surface area contributed by atoms with Crippen molar-refractivity contribution in [1.29, 1.82) is 0 Å². The van der Waals surface area contributed by atoms with Gasteiger partial charge in [-0.25, -0.2) is 9.59 Å². The molecule has 0 bridgehead atoms. The van der Waals surface area contributed by atoms with Crippen LogP contribution in [0.4, 0.5) is 0 Å². The van der Waals surface area contributed by atoms with Gasteiger partial charge in [-0.05, 0) is 36.0 Å². The molecule has 158 valence electrons. The Bertz CT molecular complexity index is 622. The molecule has 0 amide bonds. The van der Waals surface area contributed by atoms with E-state index >= 15 is 0 Å². The molecule has 1 rings (SSSR count). The fourth-order valence-electron chi connectivity index (χ4n) is 1.75. The van der Waals surface area contributed by atoms with E-state index in [2.05, 4.69) is 4.74 Å². The van der Waals surface area contributed by atoms with Crippen molar-refractivity contribution in [1.82, 2.24) is 0 Å². The van der Waals surface area contributed by atoms with E-state index in [-0.39, 0.29) is 24.0 Å². The highest BCUT2D eigenvalue weighted by Gasteiger charge is 2.26. The Balaban J connectivity index is 0.000000525. The van der Waals surface area contributed by atoms with Gasteiger partial charge in [0, 0.05) is 0 Å². The number of aliphatic carboxylic acids is 1. The number of carbonyl (C=O) groups excluding carboxylic acids is 2. The third-order valence-electron chi connectivity index (χ3n) is 3.89. The molecule has 0 aliphatic rings. The number of hydrogen-bond acceptors (Lipinski definition) is 8. The maximum atomic E-state index is 11.3. The maximum absolute atomic E-state index is 11.3. The zero-order valence-corrected chi connectivity index (χ0v) is 16.7. The molecule has 0 unspecified atom stereocenters. The van der Waals surface area contributed by atoms with Crippen molar-refractivity contribution >= 4 is 17.9 Å². The lowest BCUT2D eigenvalue weighted by Gasteiger charge is -2.17. The molecule has 1 aromatic rings. The highest BCUT2D eigenvalue weighted by Crippen LogP contribution is 2.10. The first kappa shape index (κ1) is 25.5. The van der Waals surface area contributed by atoms with Crippen LogP contribution in [0.25, 0.3) is 0 Å². The van der Waals surface area contributed by atoms with Crippen molar-refractivity contribution in [3.63, 3.8) is 0 Å². The van der Waals surface area contributed by atoms with Gasteiger partial charge in [0.1, 0.15) is 23.9 Å². The van der Waals surface area contributed by atoms with Gasteiger partial charge in [-0.2, -0.15) is 0 Å². The van der Waals surface area contributed by atoms with Gasteiger partial charge in [0.2, 0.25) is 0 Å². The highest BCUT2D eigenvalue weighted by molar-refractivity contribution is 5.90. The molecule has 0 saturated heterocycles. The van der Waals surface area contributed by atoms with E-state index in [1.54, 1.807) is 39.8 Å². The second-order valence-electron chi connectivity index (χ2n) is 7.10. The third-order valence-corrected chi connectivity index (χ3v) is 3.89. The predicted molar refractivity (Wildman–Crippen MR) is 104 cm³/mol. The average Bonchev–Trinajstić information content (AvgIpc) is 2.62. The maximum Gasteiger partial charge on any atom is 0.330 e. The Morgan fingerprint density at radius 2 is 1.29 bits per heavy atom. The van der Waals surface area contributed by atoms with Crippen molar-refractivity contribution in [2.45, 2.75) is 52.2 Å². The largest absolute Gasteiger partial charge is 0.508 e. The van der Waals surface area contributed by atoms with Crippen molar-refractivity contribution in [2.24, 2.45) is 29.0 Å². The van der Waals surface area contributed by atoms with E-state index in [0.29, 0.717) is 0 Å². The molecule has 0 aromatic heterocycles. The molecule has 9 heteroatoms. The Kier molecular flexibility index (Phi) is 11.0. The molecule has 0 saturated carbocycles. The summed E-state index contributed by atoms with van der Waals surface area (Å²) < 4.78 is 4.57. The van der Waals surface area contributed by atoms with Gasteiger partial charge in [-0.3, -0.25) is 4.79 Å². The van der Waals surface area contributed by atoms with Gasteiger partial charge in [0.05, 0.1) is 0 Å². The summed E-state index contributed by atoms with van der Waals surface area (Å²) in [6.45, 7) is 7.11. The van der Waals surface area contributed by atoms with E-state index in [4.69, 9.17) is 27.4 Å². The molecule has 0 aliphatic carbocycles. The standard InChI is InChI=1S/C10H20N2O3.C9H11NO3/c1-5(2)7(11)9(13)15-10(14)8(12)6(3)4;10-8(9(12)13)5-6-1-3-7(11)4-2-6/h5-8H,11-12H2,1-4H3;1-4,8,11H,5,10H2,(H,12,13)/t7-,8-;8-/m00/s1. The number of ether oxygens (including phenoxy) is 1. The van der Waals surface area contributed by atoms with E-state index < -0.39 is 36.0 Å². The summed E-state index contributed by atoms with van der Waals surface area (Å²) in [6.07, 6.45) is 0.273. The summed E-state index contributed by atoms with van der Waals surface area (Å²) in [5.74, 6) is -2.43. The number of esters is 2. The molecule has 28 heavy (non-hydrogen) atoms. The fraction of sp³-hybridized carbons (Fsp3) is 0.526. The van der Waals surface area contributed by atoms with Gasteiger partial charge >= 0.3 is 17.9 Å². The molecule has 0 aliphatic heterocycles. The topological polar surface area (TPSA) is 179 Å². The summed E-state index contributed by atoms with van der Waals surface area (Å²) in [4.78, 5) is 33.0. The summed E-state index contributed by atoms with van der Waals surface area (Å²) in [5, 5.41) is 17.5. The number of phenols is 1. The molecule has 8 N–H and O–H groups in total. The van der Waals surface area contributed by atoms with Crippen LogP contribution in [0.3, 0.4) is 0 Å². The summed E-state index contributed by atoms with van der Waals surface area (Å²) >= 11 is 0. The first-order chi connectivity index (χ1) is 12.9. The van der Waals surface area contributed by atoms with Crippen LogP contribution in [0, 0.1) is 11.8 Å². The number of rotatable bonds is 7. The van der Waals surface area contributed by atoms with E-state index in [9.17, 15) is 14.4 Å². The lowest BCUT2D eigenvalue weighted by molar-refractivity contribution is -0.162. The second kappa shape index (κ2) is 12.1. The highest BCUT2D eigenvalue weighted by atomic mass is 16.6. The molecule has 0 heterocycles. The number of nitrogens with two attached hydrogens (primary N) is 3. The number of carbonyl (C=O) groups is 3. The van der Waals surface area contributed by atoms with E-state index in [1.807, 2.05) is 0 Å². The van der Waals surface area contributed by atoms with Crippen molar-refractivity contribution < 1.29 is 29.3 Å². The van der Waals surface area contributed by atoms with Crippen LogP contribution in [-0.2, 0) is 25.5 Å². The zero-order chi connectivity index (χ0) is 22.0. The quantitative estimate of drug-likeness (QED) is 0.321. The SMILES string of the molecule is CC(C)[C@H](N)C(=O)OC(=O)[C@@H](N)C(C)C.N[C@@H](Cc1ccc(O)cc1)C(=O)O. The first-order valence-electron chi connectivity index (χ1n) is 8.89. The van der Waals surface area contributed by atoms with Gasteiger partial charge < -0.3 is 32.2 Å². The number of carboxylic acids is 1. The minimum Gasteiger partial charge on any atom is -0.508 e. The van der Waals surface area contributed by atoms with Gasteiger partial charge in [-0.1, -0.05) is 39.8 Å². The van der Waals surface area contributed by atoms with Crippen LogP contribution >= 0.6 is 0 Å². The zero-order valence-electron chi connectivity index (χ0n) is 16.7. The summed E-state index contributed by atoms with van der Waals surface area (Å²) in [7, 11) is 0. The van der Waals surface area contributed by atoms with E-state index in [1.165, 1.54) is 12.1 Å². The fourth-order valence-corrected chi connectivity index (χ4v) is 1.75. The third kappa shape index (κ3) is 9.45. The lowest BCUT2D eigenvalue weighted by Crippen LogP contribution is -2.43. The minimum absolute atomic E-state index is 0.0689. The molecule has 9 nitrogen and oxygen atoms in total. The van der Waals surface area contributed by atoms with Crippen LogP contribution < -0.4 is 17.2 Å². The molecule has 0 radical (unpaired) electrons. The van der Waals surface area contributed by atoms with Crippen LogP contribution in [0.5, 0.6) is 5.75 Å².